The van der Waals surface area contributed by atoms with Crippen molar-refractivity contribution in [3.63, 3.8) is 0 Å². The second-order valence-corrected chi connectivity index (χ2v) is 10.5. The van der Waals surface area contributed by atoms with Crippen molar-refractivity contribution in [1.82, 2.24) is 15.0 Å². The number of hydrogen-bond donors (Lipinski definition) is 2. The van der Waals surface area contributed by atoms with Crippen LogP contribution in [0.1, 0.15) is 19.3 Å². The first-order valence-corrected chi connectivity index (χ1v) is 13.4. The number of carbonyl (C=O) groups is 2. The Morgan fingerprint density at radius 2 is 1.76 bits per heavy atom. The Bertz CT molecular complexity index is 1420. The minimum atomic E-state index is -4.10. The lowest BCUT2D eigenvalue weighted by molar-refractivity contribution is -0.126. The van der Waals surface area contributed by atoms with Crippen molar-refractivity contribution in [3.05, 3.63) is 67.0 Å². The van der Waals surface area contributed by atoms with Crippen molar-refractivity contribution in [2.75, 3.05) is 24.5 Å². The molecule has 2 N–H and O–H groups in total. The topological polar surface area (TPSA) is 138 Å². The highest BCUT2D eigenvalue weighted by Gasteiger charge is 2.28. The molecule has 0 spiro atoms. The second kappa shape index (κ2) is 11.9. The summed E-state index contributed by atoms with van der Waals surface area (Å²) in [5.41, 5.74) is 1.06. The predicted molar refractivity (Wildman–Crippen MR) is 138 cm³/mol. The molecule has 2 heterocycles. The van der Waals surface area contributed by atoms with E-state index in [1.165, 1.54) is 12.1 Å². The summed E-state index contributed by atoms with van der Waals surface area (Å²) in [6, 6.07) is 14.4. The van der Waals surface area contributed by atoms with E-state index in [-0.39, 0.29) is 29.7 Å². The average molecular weight is 522 g/mol. The lowest BCUT2D eigenvalue weighted by atomic mass is 9.95. The fourth-order valence-corrected chi connectivity index (χ4v) is 5.64. The van der Waals surface area contributed by atoms with E-state index in [4.69, 9.17) is 0 Å². The molecule has 192 valence electrons. The quantitative estimate of drug-likeness (QED) is 0.325. The minimum Gasteiger partial charge on any atom is -0.371 e. The van der Waals surface area contributed by atoms with E-state index in [0.29, 0.717) is 12.8 Å². The molecule has 2 aromatic carbocycles. The zero-order valence-electron chi connectivity index (χ0n) is 20.0. The van der Waals surface area contributed by atoms with Gasteiger partial charge in [0.2, 0.25) is 22.0 Å². The summed E-state index contributed by atoms with van der Waals surface area (Å²) in [5.74, 6) is -1.31. The highest BCUT2D eigenvalue weighted by atomic mass is 32.2. The van der Waals surface area contributed by atoms with Crippen LogP contribution in [-0.4, -0.2) is 57.0 Å². The van der Waals surface area contributed by atoms with Crippen molar-refractivity contribution >= 4 is 44.4 Å². The number of hydrogen-bond acceptors (Lipinski definition) is 7. The van der Waals surface area contributed by atoms with Crippen molar-refractivity contribution < 1.29 is 22.8 Å². The molecule has 4 rings (SSSR count). The number of aliphatic imine (C=N–C) groups is 1. The van der Waals surface area contributed by atoms with Gasteiger partial charge in [-0.3, -0.25) is 14.6 Å². The van der Waals surface area contributed by atoms with Crippen LogP contribution in [0.3, 0.4) is 0 Å². The molecule has 1 fully saturated rings. The molecule has 1 unspecified atom stereocenters. The molecular weight excluding hydrogens is 494 g/mol. The van der Waals surface area contributed by atoms with Crippen LogP contribution in [0.4, 0.5) is 5.69 Å². The lowest BCUT2D eigenvalue weighted by Gasteiger charge is -2.33. The van der Waals surface area contributed by atoms with Gasteiger partial charge in [-0.05, 0) is 54.3 Å². The van der Waals surface area contributed by atoms with E-state index in [0.717, 1.165) is 35.6 Å². The Balaban J connectivity index is 1.35. The van der Waals surface area contributed by atoms with Gasteiger partial charge in [0.1, 0.15) is 6.04 Å². The van der Waals surface area contributed by atoms with Gasteiger partial charge in [-0.15, -0.1) is 4.99 Å². The maximum absolute atomic E-state index is 13.0. The van der Waals surface area contributed by atoms with Crippen molar-refractivity contribution in [2.45, 2.75) is 30.2 Å². The number of nitrogens with one attached hydrogen (secondary N) is 2. The molecule has 10 nitrogen and oxygen atoms in total. The van der Waals surface area contributed by atoms with Gasteiger partial charge in [-0.1, -0.05) is 30.3 Å². The Morgan fingerprint density at radius 3 is 2.46 bits per heavy atom. The van der Waals surface area contributed by atoms with Gasteiger partial charge in [0, 0.05) is 43.6 Å². The molecular formula is C26H27N5O5S. The number of carbonyl (C=O) groups excluding carboxylic acids is 3. The molecule has 1 aliphatic rings. The zero-order chi connectivity index (χ0) is 26.3. The lowest BCUT2D eigenvalue weighted by Crippen LogP contribution is -2.44. The summed E-state index contributed by atoms with van der Waals surface area (Å²) in [6.07, 6.45) is 5.89. The van der Waals surface area contributed by atoms with E-state index in [9.17, 15) is 22.8 Å². The predicted octanol–water partition coefficient (Wildman–Crippen LogP) is 2.17. The van der Waals surface area contributed by atoms with Crippen molar-refractivity contribution in [3.8, 4) is 0 Å². The third kappa shape index (κ3) is 6.65. The summed E-state index contributed by atoms with van der Waals surface area (Å²) in [7, 11) is -4.10. The molecule has 1 saturated heterocycles. The first kappa shape index (κ1) is 26.2. The fourth-order valence-electron chi connectivity index (χ4n) is 4.38. The van der Waals surface area contributed by atoms with Gasteiger partial charge in [0.05, 0.1) is 4.90 Å². The second-order valence-electron chi connectivity index (χ2n) is 8.77. The van der Waals surface area contributed by atoms with Crippen LogP contribution in [0.15, 0.2) is 76.9 Å². The SMILES string of the molecule is O=C=NC(=O)C(CCNC(=O)C1CCN(c2ccncc2)CC1)NS(=O)(=O)c1ccc2ccccc2c1. The summed E-state index contributed by atoms with van der Waals surface area (Å²) in [5, 5.41) is 4.38. The number of benzene rings is 2. The molecule has 0 radical (unpaired) electrons. The summed E-state index contributed by atoms with van der Waals surface area (Å²) in [6.45, 7) is 1.49. The Morgan fingerprint density at radius 1 is 1.05 bits per heavy atom. The van der Waals surface area contributed by atoms with Gasteiger partial charge < -0.3 is 10.2 Å². The van der Waals surface area contributed by atoms with Crippen molar-refractivity contribution in [1.29, 1.82) is 0 Å². The maximum Gasteiger partial charge on any atom is 0.274 e. The zero-order valence-corrected chi connectivity index (χ0v) is 20.9. The molecule has 1 aliphatic heterocycles. The van der Waals surface area contributed by atoms with Gasteiger partial charge in [0.25, 0.3) is 5.91 Å². The number of amides is 2. The van der Waals surface area contributed by atoms with Crippen molar-refractivity contribution in [2.24, 2.45) is 10.9 Å². The van der Waals surface area contributed by atoms with Crippen LogP contribution in [0.2, 0.25) is 0 Å². The van der Waals surface area contributed by atoms with E-state index in [1.807, 2.05) is 24.3 Å². The van der Waals surface area contributed by atoms with E-state index in [2.05, 4.69) is 24.9 Å². The number of fused-ring (bicyclic) bond motifs is 1. The van der Waals surface area contributed by atoms with Crippen LogP contribution >= 0.6 is 0 Å². The average Bonchev–Trinajstić information content (AvgIpc) is 2.92. The summed E-state index contributed by atoms with van der Waals surface area (Å²) in [4.78, 5) is 45.0. The standard InChI is InChI=1S/C26H27N5O5S/c32-18-29-26(34)24(30-37(35,36)23-6-5-19-3-1-2-4-21(19)17-23)9-14-28-25(33)20-10-15-31(16-11-20)22-7-12-27-13-8-22/h1-8,12-13,17,20,24,30H,9-11,14-16H2,(H,28,33). The Labute approximate surface area is 214 Å². The molecule has 37 heavy (non-hydrogen) atoms. The number of piperidine rings is 1. The summed E-state index contributed by atoms with van der Waals surface area (Å²) < 4.78 is 28.3. The maximum atomic E-state index is 13.0. The Hall–Kier alpha value is -3.92. The highest BCUT2D eigenvalue weighted by Crippen LogP contribution is 2.23. The largest absolute Gasteiger partial charge is 0.371 e. The van der Waals surface area contributed by atoms with E-state index in [1.54, 1.807) is 30.6 Å². The van der Waals surface area contributed by atoms with E-state index >= 15 is 0 Å². The van der Waals surface area contributed by atoms with Gasteiger partial charge >= 0.3 is 0 Å². The third-order valence-electron chi connectivity index (χ3n) is 6.41. The molecule has 0 bridgehead atoms. The number of nitrogens with zero attached hydrogens (tertiary/aromatic N) is 3. The normalized spacial score (nSPS) is 15.1. The Kier molecular flexibility index (Phi) is 8.39. The molecule has 2 amide bonds. The number of pyridine rings is 1. The smallest absolute Gasteiger partial charge is 0.274 e. The number of sulfonamides is 1. The number of isocyanates is 1. The monoisotopic (exact) mass is 521 g/mol. The molecule has 1 aromatic heterocycles. The highest BCUT2D eigenvalue weighted by molar-refractivity contribution is 7.89. The van der Waals surface area contributed by atoms with Crippen LogP contribution < -0.4 is 14.9 Å². The molecule has 11 heteroatoms. The third-order valence-corrected chi connectivity index (χ3v) is 7.88. The van der Waals surface area contributed by atoms with Gasteiger partial charge in [-0.25, -0.2) is 13.2 Å². The number of anilines is 1. The summed E-state index contributed by atoms with van der Waals surface area (Å²) >= 11 is 0. The first-order chi connectivity index (χ1) is 17.9. The molecule has 0 aliphatic carbocycles. The van der Waals surface area contributed by atoms with Gasteiger partial charge in [0.15, 0.2) is 0 Å². The number of aromatic nitrogens is 1. The first-order valence-electron chi connectivity index (χ1n) is 11.9. The molecule has 1 atom stereocenters. The minimum absolute atomic E-state index is 0.0240. The molecule has 0 saturated carbocycles. The van der Waals surface area contributed by atoms with E-state index < -0.39 is 22.0 Å². The van der Waals surface area contributed by atoms with Crippen LogP contribution in [-0.2, 0) is 24.4 Å². The van der Waals surface area contributed by atoms with Crippen LogP contribution in [0, 0.1) is 5.92 Å². The molecule has 3 aromatic rings. The number of rotatable bonds is 9. The van der Waals surface area contributed by atoms with Crippen LogP contribution in [0.5, 0.6) is 0 Å². The fraction of sp³-hybridized carbons (Fsp3) is 0.308. The van der Waals surface area contributed by atoms with Gasteiger partial charge in [-0.2, -0.15) is 4.72 Å². The van der Waals surface area contributed by atoms with Crippen LogP contribution in [0.25, 0.3) is 10.8 Å².